The topological polar surface area (TPSA) is 59.7 Å². The molecule has 0 unspecified atom stereocenters. The van der Waals surface area contributed by atoms with E-state index in [1.807, 2.05) is 12.1 Å². The molecule has 17 heavy (non-hydrogen) atoms. The van der Waals surface area contributed by atoms with Crippen molar-refractivity contribution in [2.45, 2.75) is 38.4 Å². The SMILES string of the molecule is O=C(O)C1CCC(OCc2ccc(Br)o2)CC1. The fourth-order valence-electron chi connectivity index (χ4n) is 2.11. The molecule has 0 spiro atoms. The smallest absolute Gasteiger partial charge is 0.306 e. The third-order valence-corrected chi connectivity index (χ3v) is 3.54. The molecule has 1 aliphatic rings. The molecule has 1 aromatic rings. The first-order valence-electron chi connectivity index (χ1n) is 5.74. The maximum Gasteiger partial charge on any atom is 0.306 e. The number of carboxylic acids is 1. The average Bonchev–Trinajstić information content (AvgIpc) is 2.73. The molecule has 0 aromatic carbocycles. The van der Waals surface area contributed by atoms with Gasteiger partial charge in [0, 0.05) is 0 Å². The van der Waals surface area contributed by atoms with Crippen LogP contribution in [0.25, 0.3) is 0 Å². The largest absolute Gasteiger partial charge is 0.481 e. The van der Waals surface area contributed by atoms with E-state index in [-0.39, 0.29) is 12.0 Å². The van der Waals surface area contributed by atoms with Crippen molar-refractivity contribution in [3.63, 3.8) is 0 Å². The summed E-state index contributed by atoms with van der Waals surface area (Å²) < 4.78 is 11.7. The minimum atomic E-state index is -0.682. The van der Waals surface area contributed by atoms with Crippen LogP contribution in [0.3, 0.4) is 0 Å². The highest BCUT2D eigenvalue weighted by Gasteiger charge is 2.26. The molecule has 0 saturated heterocycles. The number of carboxylic acid groups (broad SMARTS) is 1. The summed E-state index contributed by atoms with van der Waals surface area (Å²) >= 11 is 3.23. The predicted molar refractivity (Wildman–Crippen MR) is 64.6 cm³/mol. The summed E-state index contributed by atoms with van der Waals surface area (Å²) in [5.41, 5.74) is 0. The molecular formula is C12H15BrO4. The first-order chi connectivity index (χ1) is 8.15. The van der Waals surface area contributed by atoms with E-state index in [0.717, 1.165) is 18.6 Å². The monoisotopic (exact) mass is 302 g/mol. The molecule has 0 bridgehead atoms. The van der Waals surface area contributed by atoms with E-state index in [1.165, 1.54) is 0 Å². The Bertz CT molecular complexity index is 380. The van der Waals surface area contributed by atoms with Crippen molar-refractivity contribution in [1.82, 2.24) is 0 Å². The fraction of sp³-hybridized carbons (Fsp3) is 0.583. The van der Waals surface area contributed by atoms with Crippen molar-refractivity contribution in [2.24, 2.45) is 5.92 Å². The number of hydrogen-bond acceptors (Lipinski definition) is 3. The lowest BCUT2D eigenvalue weighted by molar-refractivity contribution is -0.144. The Morgan fingerprint density at radius 3 is 2.65 bits per heavy atom. The van der Waals surface area contributed by atoms with Crippen molar-refractivity contribution in [3.05, 3.63) is 22.6 Å². The number of furan rings is 1. The number of aliphatic carboxylic acids is 1. The van der Waals surface area contributed by atoms with E-state index in [2.05, 4.69) is 15.9 Å². The molecule has 1 aromatic heterocycles. The van der Waals surface area contributed by atoms with Crippen molar-refractivity contribution < 1.29 is 19.1 Å². The molecule has 0 amide bonds. The number of halogens is 1. The van der Waals surface area contributed by atoms with E-state index in [4.69, 9.17) is 14.3 Å². The van der Waals surface area contributed by atoms with Crippen LogP contribution in [0, 0.1) is 5.92 Å². The van der Waals surface area contributed by atoms with E-state index < -0.39 is 5.97 Å². The number of carbonyl (C=O) groups is 1. The maximum atomic E-state index is 10.8. The third kappa shape index (κ3) is 3.57. The molecule has 0 aliphatic heterocycles. The van der Waals surface area contributed by atoms with Crippen LogP contribution in [0.4, 0.5) is 0 Å². The minimum absolute atomic E-state index is 0.162. The van der Waals surface area contributed by atoms with Gasteiger partial charge < -0.3 is 14.3 Å². The predicted octanol–water partition coefficient (Wildman–Crippen LogP) is 3.20. The number of rotatable bonds is 4. The second kappa shape index (κ2) is 5.69. The van der Waals surface area contributed by atoms with Gasteiger partial charge in [0.25, 0.3) is 0 Å². The molecule has 1 heterocycles. The average molecular weight is 303 g/mol. The van der Waals surface area contributed by atoms with Gasteiger partial charge in [0.2, 0.25) is 0 Å². The van der Waals surface area contributed by atoms with Crippen LogP contribution >= 0.6 is 15.9 Å². The van der Waals surface area contributed by atoms with Gasteiger partial charge in [-0.1, -0.05) is 0 Å². The van der Waals surface area contributed by atoms with Crippen LogP contribution in [0.15, 0.2) is 21.2 Å². The highest BCUT2D eigenvalue weighted by Crippen LogP contribution is 2.27. The Morgan fingerprint density at radius 2 is 2.12 bits per heavy atom. The van der Waals surface area contributed by atoms with Crippen LogP contribution in [0.5, 0.6) is 0 Å². The lowest BCUT2D eigenvalue weighted by Gasteiger charge is -2.25. The molecule has 1 aliphatic carbocycles. The van der Waals surface area contributed by atoms with Gasteiger partial charge in [0.1, 0.15) is 12.4 Å². The Hall–Kier alpha value is -0.810. The summed E-state index contributed by atoms with van der Waals surface area (Å²) in [5, 5.41) is 8.87. The van der Waals surface area contributed by atoms with Crippen LogP contribution in [0.1, 0.15) is 31.4 Å². The molecule has 4 nitrogen and oxygen atoms in total. The van der Waals surface area contributed by atoms with Crippen LogP contribution in [-0.2, 0) is 16.1 Å². The third-order valence-electron chi connectivity index (χ3n) is 3.11. The van der Waals surface area contributed by atoms with E-state index in [9.17, 15) is 4.79 Å². The van der Waals surface area contributed by atoms with Crippen molar-refractivity contribution in [3.8, 4) is 0 Å². The molecule has 1 N–H and O–H groups in total. The number of ether oxygens (including phenoxy) is 1. The summed E-state index contributed by atoms with van der Waals surface area (Å²) in [6.45, 7) is 0.452. The van der Waals surface area contributed by atoms with E-state index >= 15 is 0 Å². The van der Waals surface area contributed by atoms with Gasteiger partial charge in [0.05, 0.1) is 12.0 Å². The van der Waals surface area contributed by atoms with Gasteiger partial charge in [-0.15, -0.1) is 0 Å². The Balaban J connectivity index is 1.73. The van der Waals surface area contributed by atoms with Gasteiger partial charge in [0.15, 0.2) is 4.67 Å². The first-order valence-corrected chi connectivity index (χ1v) is 6.53. The zero-order chi connectivity index (χ0) is 12.3. The van der Waals surface area contributed by atoms with Gasteiger partial charge in [-0.25, -0.2) is 0 Å². The second-order valence-electron chi connectivity index (χ2n) is 4.33. The zero-order valence-corrected chi connectivity index (χ0v) is 11.0. The van der Waals surface area contributed by atoms with Crippen LogP contribution in [0.2, 0.25) is 0 Å². The van der Waals surface area contributed by atoms with E-state index in [1.54, 1.807) is 0 Å². The maximum absolute atomic E-state index is 10.8. The molecule has 1 fully saturated rings. The quantitative estimate of drug-likeness (QED) is 0.928. The Labute approximate surface area is 108 Å². The summed E-state index contributed by atoms with van der Waals surface area (Å²) in [4.78, 5) is 10.8. The van der Waals surface area contributed by atoms with Crippen molar-refractivity contribution >= 4 is 21.9 Å². The molecule has 0 radical (unpaired) electrons. The van der Waals surface area contributed by atoms with Crippen LogP contribution < -0.4 is 0 Å². The van der Waals surface area contributed by atoms with Crippen molar-refractivity contribution in [2.75, 3.05) is 0 Å². The summed E-state index contributed by atoms with van der Waals surface area (Å²) in [7, 11) is 0. The molecule has 94 valence electrons. The first kappa shape index (κ1) is 12.6. The fourth-order valence-corrected chi connectivity index (χ4v) is 2.45. The second-order valence-corrected chi connectivity index (χ2v) is 5.11. The minimum Gasteiger partial charge on any atom is -0.481 e. The van der Waals surface area contributed by atoms with E-state index in [0.29, 0.717) is 24.1 Å². The molecular weight excluding hydrogens is 288 g/mol. The van der Waals surface area contributed by atoms with Crippen LogP contribution in [-0.4, -0.2) is 17.2 Å². The van der Waals surface area contributed by atoms with Gasteiger partial charge in [-0.3, -0.25) is 4.79 Å². The van der Waals surface area contributed by atoms with Gasteiger partial charge >= 0.3 is 5.97 Å². The highest BCUT2D eigenvalue weighted by atomic mass is 79.9. The van der Waals surface area contributed by atoms with Gasteiger partial charge in [-0.2, -0.15) is 0 Å². The Kier molecular flexibility index (Phi) is 4.23. The molecule has 2 rings (SSSR count). The lowest BCUT2D eigenvalue weighted by atomic mass is 9.87. The van der Waals surface area contributed by atoms with Crippen molar-refractivity contribution in [1.29, 1.82) is 0 Å². The zero-order valence-electron chi connectivity index (χ0n) is 9.39. The molecule has 0 atom stereocenters. The molecule has 5 heteroatoms. The normalized spacial score (nSPS) is 24.8. The summed E-state index contributed by atoms with van der Waals surface area (Å²) in [6, 6.07) is 3.70. The highest BCUT2D eigenvalue weighted by molar-refractivity contribution is 9.10. The Morgan fingerprint density at radius 1 is 1.41 bits per heavy atom. The van der Waals surface area contributed by atoms with Gasteiger partial charge in [-0.05, 0) is 53.7 Å². The number of hydrogen-bond donors (Lipinski definition) is 1. The lowest BCUT2D eigenvalue weighted by Crippen LogP contribution is -2.25. The standard InChI is InChI=1S/C12H15BrO4/c13-11-6-5-10(17-11)7-16-9-3-1-8(2-4-9)12(14)15/h5-6,8-9H,1-4,7H2,(H,14,15). The summed E-state index contributed by atoms with van der Waals surface area (Å²) in [6.07, 6.45) is 3.22. The summed E-state index contributed by atoms with van der Waals surface area (Å²) in [5.74, 6) is -0.0803. The molecule has 1 saturated carbocycles.